The molecule has 1 heterocycles. The van der Waals surface area contributed by atoms with Crippen LogP contribution in [0.4, 0.5) is 0 Å². The van der Waals surface area contributed by atoms with Gasteiger partial charge in [0.25, 0.3) is 0 Å². The first-order valence-electron chi connectivity index (χ1n) is 6.64. The largest absolute Gasteiger partial charge is 0.451 e. The Labute approximate surface area is 122 Å². The Balaban J connectivity index is 2.13. The van der Waals surface area contributed by atoms with Gasteiger partial charge in [-0.2, -0.15) is 5.26 Å². The quantitative estimate of drug-likeness (QED) is 0.782. The van der Waals surface area contributed by atoms with E-state index in [4.69, 9.17) is 14.9 Å². The maximum atomic E-state index is 9.23. The molecule has 0 aliphatic carbocycles. The maximum absolute atomic E-state index is 9.23. The zero-order valence-electron chi connectivity index (χ0n) is 11.5. The molecule has 0 saturated heterocycles. The van der Waals surface area contributed by atoms with Crippen molar-refractivity contribution in [3.63, 3.8) is 0 Å². The van der Waals surface area contributed by atoms with Crippen molar-refractivity contribution >= 4 is 11.0 Å². The van der Waals surface area contributed by atoms with Crippen LogP contribution >= 0.6 is 0 Å². The average molecular weight is 278 g/mol. The number of nitrogens with zero attached hydrogens (tertiary/aromatic N) is 1. The van der Waals surface area contributed by atoms with Crippen LogP contribution in [0.3, 0.4) is 0 Å². The second-order valence-electron chi connectivity index (χ2n) is 4.80. The molecule has 4 heteroatoms. The summed E-state index contributed by atoms with van der Waals surface area (Å²) in [5.41, 5.74) is 7.47. The molecule has 0 aliphatic heterocycles. The van der Waals surface area contributed by atoms with Crippen LogP contribution in [-0.2, 0) is 0 Å². The molecule has 104 valence electrons. The van der Waals surface area contributed by atoms with Crippen LogP contribution in [0.25, 0.3) is 11.0 Å². The van der Waals surface area contributed by atoms with Gasteiger partial charge < -0.3 is 14.9 Å². The summed E-state index contributed by atoms with van der Waals surface area (Å²) in [5.74, 6) is 1.23. The first kappa shape index (κ1) is 13.2. The fourth-order valence-electron chi connectivity index (χ4n) is 2.26. The molecular weight excluding hydrogens is 264 g/mol. The van der Waals surface area contributed by atoms with Gasteiger partial charge in [-0.25, -0.2) is 0 Å². The van der Waals surface area contributed by atoms with E-state index >= 15 is 0 Å². The van der Waals surface area contributed by atoms with Crippen molar-refractivity contribution in [1.82, 2.24) is 0 Å². The highest BCUT2D eigenvalue weighted by Crippen LogP contribution is 2.37. The van der Waals surface area contributed by atoms with Crippen LogP contribution in [0, 0.1) is 11.3 Å². The minimum absolute atomic E-state index is 0.162. The van der Waals surface area contributed by atoms with E-state index in [1.807, 2.05) is 55.5 Å². The van der Waals surface area contributed by atoms with Crippen molar-refractivity contribution in [3.8, 4) is 17.6 Å². The van der Waals surface area contributed by atoms with E-state index in [1.165, 1.54) is 0 Å². The summed E-state index contributed by atoms with van der Waals surface area (Å²) in [6.45, 7) is 1.89. The monoisotopic (exact) mass is 278 g/mol. The van der Waals surface area contributed by atoms with Gasteiger partial charge in [0, 0.05) is 11.6 Å². The molecule has 1 aromatic heterocycles. The number of para-hydroxylation sites is 2. The third-order valence-electron chi connectivity index (χ3n) is 3.27. The van der Waals surface area contributed by atoms with Crippen LogP contribution in [0.5, 0.6) is 11.5 Å². The Hall–Kier alpha value is -2.77. The average Bonchev–Trinajstić information content (AvgIpc) is 2.86. The lowest BCUT2D eigenvalue weighted by atomic mass is 10.1. The molecule has 0 fully saturated rings. The molecule has 2 N–H and O–H groups in total. The smallest absolute Gasteiger partial charge is 0.247 e. The van der Waals surface area contributed by atoms with E-state index in [0.717, 1.165) is 10.9 Å². The summed E-state index contributed by atoms with van der Waals surface area (Å²) < 4.78 is 11.5. The number of ether oxygens (including phenoxy) is 1. The minimum atomic E-state index is -0.162. The molecule has 3 aromatic rings. The molecule has 0 amide bonds. The third-order valence-corrected chi connectivity index (χ3v) is 3.27. The molecule has 4 nitrogen and oxygen atoms in total. The second kappa shape index (κ2) is 5.31. The van der Waals surface area contributed by atoms with E-state index in [0.29, 0.717) is 17.1 Å². The molecule has 0 saturated carbocycles. The highest BCUT2D eigenvalue weighted by atomic mass is 16.5. The molecular formula is C17H14N2O2. The van der Waals surface area contributed by atoms with Crippen molar-refractivity contribution in [2.75, 3.05) is 0 Å². The number of benzene rings is 2. The Kier molecular flexibility index (Phi) is 3.35. The van der Waals surface area contributed by atoms with E-state index in [1.54, 1.807) is 6.07 Å². The molecule has 21 heavy (non-hydrogen) atoms. The summed E-state index contributed by atoms with van der Waals surface area (Å²) in [6, 6.07) is 16.8. The maximum Gasteiger partial charge on any atom is 0.247 e. The number of fused-ring (bicyclic) bond motifs is 1. The summed E-state index contributed by atoms with van der Waals surface area (Å²) in [6.07, 6.45) is 0. The number of rotatable bonds is 3. The fourth-order valence-corrected chi connectivity index (χ4v) is 2.26. The standard InChI is InChI=1S/C17H14N2O2/c1-11(19)12-6-2-4-8-14(12)21-17-13-7-3-5-9-15(13)20-16(17)10-18/h2-9,11H,19H2,1H3. The Morgan fingerprint density at radius 2 is 1.86 bits per heavy atom. The van der Waals surface area contributed by atoms with Gasteiger partial charge in [0.2, 0.25) is 5.76 Å². The molecule has 3 rings (SSSR count). The van der Waals surface area contributed by atoms with Crippen molar-refractivity contribution in [2.24, 2.45) is 5.73 Å². The zero-order chi connectivity index (χ0) is 14.8. The molecule has 1 atom stereocenters. The highest BCUT2D eigenvalue weighted by molar-refractivity contribution is 5.86. The number of nitrogens with two attached hydrogens (primary N) is 1. The predicted molar refractivity (Wildman–Crippen MR) is 80.0 cm³/mol. The second-order valence-corrected chi connectivity index (χ2v) is 4.80. The summed E-state index contributed by atoms with van der Waals surface area (Å²) in [5, 5.41) is 10.00. The van der Waals surface area contributed by atoms with Crippen molar-refractivity contribution in [2.45, 2.75) is 13.0 Å². The first-order chi connectivity index (χ1) is 10.2. The van der Waals surface area contributed by atoms with Gasteiger partial charge >= 0.3 is 0 Å². The lowest BCUT2D eigenvalue weighted by molar-refractivity contribution is 0.458. The molecule has 1 unspecified atom stereocenters. The number of hydrogen-bond donors (Lipinski definition) is 1. The third kappa shape index (κ3) is 2.35. The molecule has 0 radical (unpaired) electrons. The Morgan fingerprint density at radius 1 is 1.14 bits per heavy atom. The molecule has 0 spiro atoms. The summed E-state index contributed by atoms with van der Waals surface area (Å²) in [7, 11) is 0. The van der Waals surface area contributed by atoms with Crippen LogP contribution in [0.1, 0.15) is 24.3 Å². The van der Waals surface area contributed by atoms with Crippen LogP contribution < -0.4 is 10.5 Å². The lowest BCUT2D eigenvalue weighted by Gasteiger charge is -2.12. The van der Waals surface area contributed by atoms with Gasteiger partial charge in [0.1, 0.15) is 17.4 Å². The van der Waals surface area contributed by atoms with Crippen molar-refractivity contribution in [3.05, 3.63) is 59.9 Å². The molecule has 0 aliphatic rings. The van der Waals surface area contributed by atoms with E-state index in [-0.39, 0.29) is 11.8 Å². The van der Waals surface area contributed by atoms with Gasteiger partial charge in [-0.3, -0.25) is 0 Å². The van der Waals surface area contributed by atoms with Gasteiger partial charge in [0.05, 0.1) is 5.39 Å². The molecule has 2 aromatic carbocycles. The van der Waals surface area contributed by atoms with E-state index in [9.17, 15) is 5.26 Å². The normalized spacial score (nSPS) is 12.0. The zero-order valence-corrected chi connectivity index (χ0v) is 11.5. The number of hydrogen-bond acceptors (Lipinski definition) is 4. The topological polar surface area (TPSA) is 72.2 Å². The Bertz CT molecular complexity index is 828. The SMILES string of the molecule is CC(N)c1ccccc1Oc1c(C#N)oc2ccccc12. The van der Waals surface area contributed by atoms with Crippen molar-refractivity contribution < 1.29 is 9.15 Å². The first-order valence-corrected chi connectivity index (χ1v) is 6.64. The Morgan fingerprint density at radius 3 is 2.62 bits per heavy atom. The van der Waals surface area contributed by atoms with Crippen LogP contribution in [-0.4, -0.2) is 0 Å². The molecule has 0 bridgehead atoms. The van der Waals surface area contributed by atoms with Gasteiger partial charge in [-0.1, -0.05) is 30.3 Å². The van der Waals surface area contributed by atoms with Crippen molar-refractivity contribution in [1.29, 1.82) is 5.26 Å². The summed E-state index contributed by atoms with van der Waals surface area (Å²) >= 11 is 0. The van der Waals surface area contributed by atoms with Gasteiger partial charge in [-0.05, 0) is 25.1 Å². The van der Waals surface area contributed by atoms with Crippen LogP contribution in [0.2, 0.25) is 0 Å². The minimum Gasteiger partial charge on any atom is -0.451 e. The number of nitriles is 1. The van der Waals surface area contributed by atoms with Gasteiger partial charge in [0.15, 0.2) is 5.75 Å². The predicted octanol–water partition coefficient (Wildman–Crippen LogP) is 4.12. The fraction of sp³-hybridized carbons (Fsp3) is 0.118. The number of furan rings is 1. The lowest BCUT2D eigenvalue weighted by Crippen LogP contribution is -2.06. The van der Waals surface area contributed by atoms with Gasteiger partial charge in [-0.15, -0.1) is 0 Å². The van der Waals surface area contributed by atoms with E-state index in [2.05, 4.69) is 0 Å². The highest BCUT2D eigenvalue weighted by Gasteiger charge is 2.17. The van der Waals surface area contributed by atoms with Crippen LogP contribution in [0.15, 0.2) is 52.9 Å². The van der Waals surface area contributed by atoms with E-state index < -0.39 is 0 Å². The summed E-state index contributed by atoms with van der Waals surface area (Å²) in [4.78, 5) is 0.